The predicted octanol–water partition coefficient (Wildman–Crippen LogP) is 21.8. The van der Waals surface area contributed by atoms with Crippen LogP contribution < -0.4 is 9.80 Å². The molecule has 15 rings (SSSR count). The van der Waals surface area contributed by atoms with E-state index in [-0.39, 0.29) is 0 Å². The molecule has 0 saturated heterocycles. The topological polar surface area (TPSA) is 6.48 Å². The van der Waals surface area contributed by atoms with Crippen molar-refractivity contribution in [3.63, 3.8) is 0 Å². The molecule has 0 atom stereocenters. The minimum absolute atomic E-state index is 1.14. The summed E-state index contributed by atoms with van der Waals surface area (Å²) in [6, 6.07) is 106. The number of nitrogens with zero attached hydrogens (tertiary/aromatic N) is 2. The first-order chi connectivity index (χ1) is 38.5. The highest BCUT2D eigenvalue weighted by molar-refractivity contribution is 6.28. The Labute approximate surface area is 455 Å². The number of benzene rings is 15. The van der Waals surface area contributed by atoms with Crippen molar-refractivity contribution in [1.82, 2.24) is 0 Å². The summed E-state index contributed by atoms with van der Waals surface area (Å²) in [6.07, 6.45) is 0. The van der Waals surface area contributed by atoms with Gasteiger partial charge in [0.25, 0.3) is 0 Å². The fourth-order valence-electron chi connectivity index (χ4n) is 12.0. The first-order valence-electron chi connectivity index (χ1n) is 27.0. The number of hydrogen-bond donors (Lipinski definition) is 0. The van der Waals surface area contributed by atoms with Gasteiger partial charge >= 0.3 is 0 Å². The first-order valence-corrected chi connectivity index (χ1v) is 27.0. The number of hydrogen-bond acceptors (Lipinski definition) is 2. The number of fused-ring (bicyclic) bond motifs is 4. The van der Waals surface area contributed by atoms with Gasteiger partial charge in [-0.15, -0.1) is 0 Å². The van der Waals surface area contributed by atoms with Gasteiger partial charge in [0.15, 0.2) is 0 Å². The van der Waals surface area contributed by atoms with Crippen molar-refractivity contribution in [2.24, 2.45) is 0 Å². The van der Waals surface area contributed by atoms with E-state index in [4.69, 9.17) is 0 Å². The van der Waals surface area contributed by atoms with Crippen molar-refractivity contribution in [2.45, 2.75) is 13.8 Å². The van der Waals surface area contributed by atoms with Crippen LogP contribution in [0, 0.1) is 13.8 Å². The van der Waals surface area contributed by atoms with E-state index in [1.54, 1.807) is 0 Å². The monoisotopic (exact) mass is 994 g/mol. The minimum atomic E-state index is 1.14. The highest BCUT2D eigenvalue weighted by Crippen LogP contribution is 2.48. The summed E-state index contributed by atoms with van der Waals surface area (Å²) in [7, 11) is 0. The quantitative estimate of drug-likeness (QED) is 0.111. The number of rotatable bonds is 8. The van der Waals surface area contributed by atoms with E-state index in [1.165, 1.54) is 120 Å². The van der Waals surface area contributed by atoms with E-state index < -0.39 is 0 Å². The van der Waals surface area contributed by atoms with Gasteiger partial charge in [0.05, 0.1) is 11.4 Å². The molecule has 15 aromatic rings. The molecule has 0 bridgehead atoms. The summed E-state index contributed by atoms with van der Waals surface area (Å²) < 4.78 is 0. The van der Waals surface area contributed by atoms with Gasteiger partial charge < -0.3 is 9.80 Å². The normalized spacial score (nSPS) is 11.5. The number of aryl methyl sites for hydroxylation is 2. The third-order valence-electron chi connectivity index (χ3n) is 15.7. The summed E-state index contributed by atoms with van der Waals surface area (Å²) in [4.78, 5) is 4.77. The third kappa shape index (κ3) is 8.23. The van der Waals surface area contributed by atoms with Crippen molar-refractivity contribution in [2.75, 3.05) is 9.80 Å². The van der Waals surface area contributed by atoms with Gasteiger partial charge in [0.1, 0.15) is 0 Å². The van der Waals surface area contributed by atoms with E-state index in [0.29, 0.717) is 0 Å². The van der Waals surface area contributed by atoms with E-state index in [1.807, 2.05) is 0 Å². The Morgan fingerprint density at radius 3 is 0.910 bits per heavy atom. The summed E-state index contributed by atoms with van der Waals surface area (Å²) >= 11 is 0. The molecule has 0 unspecified atom stereocenters. The van der Waals surface area contributed by atoms with Crippen LogP contribution in [0.25, 0.3) is 97.7 Å². The zero-order valence-electron chi connectivity index (χ0n) is 43.6. The van der Waals surface area contributed by atoms with Gasteiger partial charge in [0, 0.05) is 33.5 Å². The second kappa shape index (κ2) is 19.6. The second-order valence-corrected chi connectivity index (χ2v) is 20.6. The molecule has 0 aliphatic heterocycles. The van der Waals surface area contributed by atoms with E-state index in [2.05, 4.69) is 315 Å². The molecule has 0 aromatic heterocycles. The SMILES string of the molecule is Cc1ccc(N(c2ccccc2)c2ccc3ccc4c(N(c5ccccc5)c5ccc(C)cc5)ccc5ccc2c3c54)cc1.c1ccc2cc(-c3c4ccccc4c(-c4ccc5ccccc5c4)c4ccccc34)ccc2c1. The molecule has 0 fully saturated rings. The smallest absolute Gasteiger partial charge is 0.0540 e. The molecule has 2 nitrogen and oxygen atoms in total. The van der Waals surface area contributed by atoms with Crippen LogP contribution in [0.4, 0.5) is 34.1 Å². The first kappa shape index (κ1) is 46.5. The summed E-state index contributed by atoms with van der Waals surface area (Å²) in [6.45, 7) is 4.28. The molecule has 0 saturated carbocycles. The summed E-state index contributed by atoms with van der Waals surface area (Å²) in [5.41, 5.74) is 14.6. The van der Waals surface area contributed by atoms with Crippen LogP contribution in [0.5, 0.6) is 0 Å². The van der Waals surface area contributed by atoms with E-state index >= 15 is 0 Å². The summed E-state index contributed by atoms with van der Waals surface area (Å²) in [5.74, 6) is 0. The van der Waals surface area contributed by atoms with Crippen molar-refractivity contribution in [1.29, 1.82) is 0 Å². The Kier molecular flexibility index (Phi) is 11.7. The average molecular weight is 995 g/mol. The van der Waals surface area contributed by atoms with Crippen LogP contribution in [0.3, 0.4) is 0 Å². The lowest BCUT2D eigenvalue weighted by Crippen LogP contribution is -2.11. The maximum Gasteiger partial charge on any atom is 0.0540 e. The maximum atomic E-state index is 2.38. The molecule has 0 heterocycles. The van der Waals surface area contributed by atoms with Crippen molar-refractivity contribution in [3.05, 3.63) is 302 Å². The van der Waals surface area contributed by atoms with Gasteiger partial charge in [-0.3, -0.25) is 0 Å². The second-order valence-electron chi connectivity index (χ2n) is 20.6. The largest absolute Gasteiger partial charge is 0.310 e. The van der Waals surface area contributed by atoms with Crippen LogP contribution in [0.2, 0.25) is 0 Å². The third-order valence-corrected chi connectivity index (χ3v) is 15.7. The maximum absolute atomic E-state index is 2.38. The van der Waals surface area contributed by atoms with Crippen molar-refractivity contribution < 1.29 is 0 Å². The molecule has 368 valence electrons. The molecular formula is C76H54N2. The molecule has 15 aromatic carbocycles. The Morgan fingerprint density at radius 1 is 0.218 bits per heavy atom. The molecule has 0 spiro atoms. The number of para-hydroxylation sites is 2. The Morgan fingerprint density at radius 2 is 0.526 bits per heavy atom. The Hall–Kier alpha value is -10.0. The van der Waals surface area contributed by atoms with Crippen molar-refractivity contribution >= 4 is 110 Å². The molecule has 0 N–H and O–H groups in total. The molecule has 0 amide bonds. The zero-order valence-corrected chi connectivity index (χ0v) is 43.6. The van der Waals surface area contributed by atoms with Crippen LogP contribution >= 0.6 is 0 Å². The van der Waals surface area contributed by atoms with Gasteiger partial charge in [-0.1, -0.05) is 230 Å². The average Bonchev–Trinajstić information content (AvgIpc) is 3.64. The molecule has 0 radical (unpaired) electrons. The lowest BCUT2D eigenvalue weighted by Gasteiger charge is -2.29. The Bertz CT molecular complexity index is 4320. The van der Waals surface area contributed by atoms with Crippen LogP contribution in [0.15, 0.2) is 291 Å². The minimum Gasteiger partial charge on any atom is -0.310 e. The van der Waals surface area contributed by atoms with Crippen LogP contribution in [-0.2, 0) is 0 Å². The molecule has 0 aliphatic rings. The molecular weight excluding hydrogens is 941 g/mol. The Balaban J connectivity index is 0.000000146. The van der Waals surface area contributed by atoms with E-state index in [0.717, 1.165) is 22.7 Å². The fraction of sp³-hybridized carbons (Fsp3) is 0.0263. The van der Waals surface area contributed by atoms with E-state index in [9.17, 15) is 0 Å². The van der Waals surface area contributed by atoms with Crippen LogP contribution in [-0.4, -0.2) is 0 Å². The van der Waals surface area contributed by atoms with Gasteiger partial charge in [-0.05, 0) is 174 Å². The molecule has 2 heteroatoms. The summed E-state index contributed by atoms with van der Waals surface area (Å²) in [5, 5.41) is 17.8. The van der Waals surface area contributed by atoms with Crippen LogP contribution in [0.1, 0.15) is 11.1 Å². The molecule has 0 aliphatic carbocycles. The fourth-order valence-corrected chi connectivity index (χ4v) is 12.0. The highest BCUT2D eigenvalue weighted by atomic mass is 15.1. The van der Waals surface area contributed by atoms with Gasteiger partial charge in [-0.2, -0.15) is 0 Å². The lowest BCUT2D eigenvalue weighted by atomic mass is 9.85. The highest BCUT2D eigenvalue weighted by Gasteiger charge is 2.22. The lowest BCUT2D eigenvalue weighted by molar-refractivity contribution is 1.29. The predicted molar refractivity (Wildman–Crippen MR) is 336 cm³/mol. The molecule has 78 heavy (non-hydrogen) atoms. The van der Waals surface area contributed by atoms with Gasteiger partial charge in [0.2, 0.25) is 0 Å². The number of anilines is 6. The zero-order chi connectivity index (χ0) is 52.1. The van der Waals surface area contributed by atoms with Crippen molar-refractivity contribution in [3.8, 4) is 22.3 Å². The standard InChI is InChI=1S/C42H32N2.C34H22/c1-29-13-21-35(22-14-29)43(33-9-5-3-6-10-33)39-27-19-31-18-26-38-40(28-20-32-17-25-37(39)41(31)42(32)38)44(34-11-7-4-8-12-34)36-23-15-30(2)16-24-36;1-3-11-25-21-27(19-17-23(25)9-1)33-29-13-5-7-15-31(29)34(32-16-8-6-14-30(32)33)28-20-18-24-10-2-4-12-26(24)22-28/h3-28H,1-2H3;1-22H. The van der Waals surface area contributed by atoms with Gasteiger partial charge in [-0.25, -0.2) is 0 Å².